The van der Waals surface area contributed by atoms with Gasteiger partial charge in [-0.3, -0.25) is 4.79 Å². The van der Waals surface area contributed by atoms with Gasteiger partial charge in [0.25, 0.3) is 5.91 Å². The number of anilines is 1. The van der Waals surface area contributed by atoms with Gasteiger partial charge >= 0.3 is 0 Å². The van der Waals surface area contributed by atoms with E-state index >= 15 is 0 Å². The van der Waals surface area contributed by atoms with E-state index in [1.807, 2.05) is 31.2 Å². The second-order valence-electron chi connectivity index (χ2n) is 5.46. The van der Waals surface area contributed by atoms with Crippen LogP contribution in [-0.2, 0) is 0 Å². The Bertz CT molecular complexity index is 900. The first-order chi connectivity index (χ1) is 11.7. The zero-order valence-electron chi connectivity index (χ0n) is 12.9. The molecule has 0 bridgehead atoms. The Hall–Kier alpha value is -3.28. The summed E-state index contributed by atoms with van der Waals surface area (Å²) in [4.78, 5) is 12.3. The van der Waals surface area contributed by atoms with Crippen molar-refractivity contribution in [2.24, 2.45) is 0 Å². The van der Waals surface area contributed by atoms with Gasteiger partial charge < -0.3 is 19.3 Å². The first-order valence-electron chi connectivity index (χ1n) is 7.44. The van der Waals surface area contributed by atoms with E-state index in [-0.39, 0.29) is 18.4 Å². The monoisotopic (exact) mass is 322 g/mol. The summed E-state index contributed by atoms with van der Waals surface area (Å²) in [7, 11) is 0. The van der Waals surface area contributed by atoms with Crippen molar-refractivity contribution >= 4 is 11.6 Å². The van der Waals surface area contributed by atoms with Crippen molar-refractivity contribution in [3.05, 3.63) is 59.8 Å². The number of hydrogen-bond acceptors (Lipinski definition) is 5. The van der Waals surface area contributed by atoms with Gasteiger partial charge in [0, 0.05) is 23.4 Å². The minimum atomic E-state index is -0.351. The molecule has 0 atom stereocenters. The number of nitrogens with one attached hydrogen (secondary N) is 1. The summed E-state index contributed by atoms with van der Waals surface area (Å²) in [6, 6.07) is 14.6. The maximum Gasteiger partial charge on any atom is 0.277 e. The third kappa shape index (κ3) is 2.69. The first kappa shape index (κ1) is 14.3. The lowest BCUT2D eigenvalue weighted by Gasteiger charge is -2.03. The fraction of sp³-hybridized carbons (Fsp3) is 0.111. The van der Waals surface area contributed by atoms with Crippen molar-refractivity contribution in [3.8, 4) is 22.8 Å². The van der Waals surface area contributed by atoms with Crippen molar-refractivity contribution in [3.63, 3.8) is 0 Å². The zero-order valence-corrected chi connectivity index (χ0v) is 12.9. The molecule has 120 valence electrons. The standard InChI is InChI=1S/C18H14N2O4/c1-11-2-4-12(5-3-11)16-9-14(20-24-16)18(21)19-13-6-7-15-17(8-13)23-10-22-15/h2-9H,10H2,1H3,(H,19,21). The van der Waals surface area contributed by atoms with Crippen LogP contribution in [0.2, 0.25) is 0 Å². The highest BCUT2D eigenvalue weighted by Crippen LogP contribution is 2.34. The molecule has 0 spiro atoms. The Labute approximate surface area is 138 Å². The van der Waals surface area contributed by atoms with Crippen LogP contribution >= 0.6 is 0 Å². The number of amides is 1. The molecule has 1 amide bonds. The van der Waals surface area contributed by atoms with Crippen LogP contribution in [0.3, 0.4) is 0 Å². The van der Waals surface area contributed by atoms with E-state index in [9.17, 15) is 4.79 Å². The van der Waals surface area contributed by atoms with E-state index in [0.717, 1.165) is 11.1 Å². The molecule has 0 radical (unpaired) electrons. The summed E-state index contributed by atoms with van der Waals surface area (Å²) in [6.45, 7) is 2.20. The zero-order chi connectivity index (χ0) is 16.5. The maximum absolute atomic E-state index is 12.3. The largest absolute Gasteiger partial charge is 0.454 e. The highest BCUT2D eigenvalue weighted by Gasteiger charge is 2.17. The summed E-state index contributed by atoms with van der Waals surface area (Å²) >= 11 is 0. The van der Waals surface area contributed by atoms with Gasteiger partial charge in [-0.1, -0.05) is 35.0 Å². The third-order valence-corrected chi connectivity index (χ3v) is 3.71. The number of nitrogens with zero attached hydrogens (tertiary/aromatic N) is 1. The molecule has 0 aliphatic carbocycles. The number of aryl methyl sites for hydroxylation is 1. The third-order valence-electron chi connectivity index (χ3n) is 3.71. The van der Waals surface area contributed by atoms with E-state index < -0.39 is 0 Å². The molecule has 4 rings (SSSR count). The average Bonchev–Trinajstić information content (AvgIpc) is 3.24. The topological polar surface area (TPSA) is 73.6 Å². The molecule has 6 nitrogen and oxygen atoms in total. The van der Waals surface area contributed by atoms with Crippen LogP contribution in [0.15, 0.2) is 53.1 Å². The van der Waals surface area contributed by atoms with Gasteiger partial charge in [-0.25, -0.2) is 0 Å². The highest BCUT2D eigenvalue weighted by molar-refractivity contribution is 6.03. The number of carbonyl (C=O) groups excluding carboxylic acids is 1. The highest BCUT2D eigenvalue weighted by atomic mass is 16.7. The van der Waals surface area contributed by atoms with E-state index in [4.69, 9.17) is 14.0 Å². The number of benzene rings is 2. The van der Waals surface area contributed by atoms with Crippen LogP contribution in [0.25, 0.3) is 11.3 Å². The van der Waals surface area contributed by atoms with E-state index in [0.29, 0.717) is 22.9 Å². The number of ether oxygens (including phenoxy) is 2. The number of fused-ring (bicyclic) bond motifs is 1. The van der Waals surface area contributed by atoms with Crippen LogP contribution in [0.1, 0.15) is 16.1 Å². The van der Waals surface area contributed by atoms with Gasteiger partial charge in [0.2, 0.25) is 6.79 Å². The molecule has 2 heterocycles. The van der Waals surface area contributed by atoms with Crippen molar-refractivity contribution < 1.29 is 18.8 Å². The molecule has 0 fully saturated rings. The van der Waals surface area contributed by atoms with Crippen molar-refractivity contribution in [2.45, 2.75) is 6.92 Å². The van der Waals surface area contributed by atoms with Crippen LogP contribution in [0.4, 0.5) is 5.69 Å². The van der Waals surface area contributed by atoms with Crippen molar-refractivity contribution in [1.82, 2.24) is 5.16 Å². The van der Waals surface area contributed by atoms with Crippen LogP contribution in [0, 0.1) is 6.92 Å². The van der Waals surface area contributed by atoms with Gasteiger partial charge in [0.15, 0.2) is 23.0 Å². The second kappa shape index (κ2) is 5.73. The fourth-order valence-electron chi connectivity index (χ4n) is 2.41. The van der Waals surface area contributed by atoms with Gasteiger partial charge in [-0.2, -0.15) is 0 Å². The van der Waals surface area contributed by atoms with Crippen molar-refractivity contribution in [1.29, 1.82) is 0 Å². The van der Waals surface area contributed by atoms with Crippen LogP contribution in [0.5, 0.6) is 11.5 Å². The Kier molecular flexibility index (Phi) is 3.42. The minimum Gasteiger partial charge on any atom is -0.454 e. The molecular weight excluding hydrogens is 308 g/mol. The van der Waals surface area contributed by atoms with E-state index in [2.05, 4.69) is 10.5 Å². The minimum absolute atomic E-state index is 0.190. The first-order valence-corrected chi connectivity index (χ1v) is 7.44. The van der Waals surface area contributed by atoms with Crippen molar-refractivity contribution in [2.75, 3.05) is 12.1 Å². The molecule has 24 heavy (non-hydrogen) atoms. The summed E-state index contributed by atoms with van der Waals surface area (Å²) in [5.74, 6) is 1.46. The van der Waals surface area contributed by atoms with Crippen LogP contribution < -0.4 is 14.8 Å². The number of hydrogen-bond donors (Lipinski definition) is 1. The summed E-state index contributed by atoms with van der Waals surface area (Å²) in [6.07, 6.45) is 0. The average molecular weight is 322 g/mol. The molecule has 0 saturated carbocycles. The lowest BCUT2D eigenvalue weighted by molar-refractivity contribution is 0.101. The Balaban J connectivity index is 1.52. The quantitative estimate of drug-likeness (QED) is 0.797. The Morgan fingerprint density at radius 2 is 1.83 bits per heavy atom. The van der Waals surface area contributed by atoms with Gasteiger partial charge in [0.05, 0.1) is 0 Å². The lowest BCUT2D eigenvalue weighted by Crippen LogP contribution is -2.12. The maximum atomic E-state index is 12.3. The molecule has 1 aromatic heterocycles. The number of aromatic nitrogens is 1. The second-order valence-corrected chi connectivity index (χ2v) is 5.46. The molecule has 2 aromatic carbocycles. The van der Waals surface area contributed by atoms with Crippen LogP contribution in [-0.4, -0.2) is 17.9 Å². The predicted molar refractivity (Wildman–Crippen MR) is 87.2 cm³/mol. The number of rotatable bonds is 3. The molecule has 3 aromatic rings. The molecule has 1 aliphatic rings. The SMILES string of the molecule is Cc1ccc(-c2cc(C(=O)Nc3ccc4c(c3)OCO4)no2)cc1. The lowest BCUT2D eigenvalue weighted by atomic mass is 10.1. The Morgan fingerprint density at radius 1 is 1.04 bits per heavy atom. The smallest absolute Gasteiger partial charge is 0.277 e. The molecule has 0 saturated heterocycles. The van der Waals surface area contributed by atoms with Gasteiger partial charge in [-0.15, -0.1) is 0 Å². The molecular formula is C18H14N2O4. The van der Waals surface area contributed by atoms with E-state index in [1.54, 1.807) is 24.3 Å². The predicted octanol–water partition coefficient (Wildman–Crippen LogP) is 3.63. The Morgan fingerprint density at radius 3 is 2.67 bits per heavy atom. The summed E-state index contributed by atoms with van der Waals surface area (Å²) in [5.41, 5.74) is 2.83. The van der Waals surface area contributed by atoms with Gasteiger partial charge in [0.1, 0.15) is 0 Å². The molecule has 6 heteroatoms. The summed E-state index contributed by atoms with van der Waals surface area (Å²) in [5, 5.41) is 6.61. The summed E-state index contributed by atoms with van der Waals surface area (Å²) < 4.78 is 15.8. The molecule has 0 unspecified atom stereocenters. The molecule has 1 aliphatic heterocycles. The normalized spacial score (nSPS) is 12.2. The fourth-order valence-corrected chi connectivity index (χ4v) is 2.41. The van der Waals surface area contributed by atoms with Gasteiger partial charge in [-0.05, 0) is 19.1 Å². The van der Waals surface area contributed by atoms with E-state index in [1.165, 1.54) is 0 Å². The number of carbonyl (C=O) groups is 1. The molecule has 1 N–H and O–H groups in total.